The average molecular weight is 1580 g/mol. The number of aromatic hydroxyl groups is 1. The second kappa shape index (κ2) is 41.6. The second-order valence-corrected chi connectivity index (χ2v) is 29.4. The number of benzene rings is 2. The number of hydrogen-bond acceptors (Lipinski definition) is 23. The predicted octanol–water partition coefficient (Wildman–Crippen LogP) is -6.85. The van der Waals surface area contributed by atoms with Crippen LogP contribution in [0.25, 0.3) is 0 Å². The zero-order valence-corrected chi connectivity index (χ0v) is 61.6. The molecule has 7 rings (SSSR count). The molecule has 2 bridgehead atoms. The lowest BCUT2D eigenvalue weighted by Gasteiger charge is -2.33. The smallest absolute Gasteiger partial charge is 0.305 e. The van der Waals surface area contributed by atoms with Gasteiger partial charge in [0.05, 0.1) is 25.7 Å². The number of rotatable bonds is 18. The van der Waals surface area contributed by atoms with Gasteiger partial charge in [0.15, 0.2) is 5.96 Å². The summed E-state index contributed by atoms with van der Waals surface area (Å²) in [4.78, 5) is 249. The van der Waals surface area contributed by atoms with E-state index in [0.717, 1.165) is 43.2 Å². The molecular formula is C68H93N17O23S2. The summed E-state index contributed by atoms with van der Waals surface area (Å²) in [6.07, 6.45) is -6.52. The monoisotopic (exact) mass is 1580 g/mol. The van der Waals surface area contributed by atoms with Gasteiger partial charge in [0.2, 0.25) is 82.7 Å². The molecule has 42 heteroatoms. The molecule has 14 amide bonds. The number of fused-ring (bicyclic) bond motifs is 8. The number of aliphatic imine (C=N–C) groups is 1. The maximum atomic E-state index is 15.3. The van der Waals surface area contributed by atoms with E-state index in [1.807, 2.05) is 0 Å². The molecule has 0 spiro atoms. The van der Waals surface area contributed by atoms with Crippen molar-refractivity contribution in [3.8, 4) is 5.75 Å². The van der Waals surface area contributed by atoms with Gasteiger partial charge in [0.1, 0.15) is 84.3 Å². The Morgan fingerprint density at radius 3 is 1.50 bits per heavy atom. The molecule has 110 heavy (non-hydrogen) atoms. The lowest BCUT2D eigenvalue weighted by Crippen LogP contribution is -2.62. The van der Waals surface area contributed by atoms with Crippen LogP contribution >= 0.6 is 21.6 Å². The summed E-state index contributed by atoms with van der Waals surface area (Å²) in [6, 6.07) is -9.32. The van der Waals surface area contributed by atoms with Crippen LogP contribution < -0.4 is 70.0 Å². The lowest BCUT2D eigenvalue weighted by atomic mass is 10.0. The van der Waals surface area contributed by atoms with E-state index in [9.17, 15) is 97.8 Å². The van der Waals surface area contributed by atoms with Gasteiger partial charge in [-0.25, -0.2) is 0 Å². The van der Waals surface area contributed by atoms with Crippen molar-refractivity contribution in [2.24, 2.45) is 16.5 Å². The third-order valence-corrected chi connectivity index (χ3v) is 21.1. The van der Waals surface area contributed by atoms with Crippen molar-refractivity contribution in [1.29, 1.82) is 0 Å². The van der Waals surface area contributed by atoms with E-state index in [4.69, 9.17) is 11.5 Å². The molecule has 0 radical (unpaired) electrons. The predicted molar refractivity (Wildman–Crippen MR) is 388 cm³/mol. The first-order valence-corrected chi connectivity index (χ1v) is 38.1. The summed E-state index contributed by atoms with van der Waals surface area (Å²) in [5, 5.41) is 88.6. The van der Waals surface area contributed by atoms with E-state index in [-0.39, 0.29) is 101 Å². The summed E-state index contributed by atoms with van der Waals surface area (Å²) in [7, 11) is 1.45. The minimum atomic E-state index is -2.09. The third kappa shape index (κ3) is 25.4. The van der Waals surface area contributed by atoms with Crippen LogP contribution in [-0.4, -0.2) is 287 Å². The normalized spacial score (nSPS) is 27.0. The molecule has 2 aromatic carbocycles. The first-order chi connectivity index (χ1) is 52.3. The third-order valence-electron chi connectivity index (χ3n) is 18.7. The zero-order valence-electron chi connectivity index (χ0n) is 59.9. The number of guanidine groups is 1. The second-order valence-electron chi connectivity index (χ2n) is 26.8. The summed E-state index contributed by atoms with van der Waals surface area (Å²) in [6.45, 7) is -1.64. The van der Waals surface area contributed by atoms with Gasteiger partial charge in [0, 0.05) is 63.4 Å². The summed E-state index contributed by atoms with van der Waals surface area (Å²) < 4.78 is 0. The molecule has 0 aliphatic carbocycles. The van der Waals surface area contributed by atoms with Gasteiger partial charge < -0.3 is 115 Å². The van der Waals surface area contributed by atoms with Crippen LogP contribution in [0.4, 0.5) is 0 Å². The number of nitrogens with two attached hydrogens (primary N) is 2. The van der Waals surface area contributed by atoms with Gasteiger partial charge in [-0.3, -0.25) is 86.5 Å². The number of phenolic OH excluding ortho intramolecular Hbond substituents is 1. The van der Waals surface area contributed by atoms with Crippen molar-refractivity contribution in [2.45, 2.75) is 188 Å². The Hall–Kier alpha value is -10.9. The van der Waals surface area contributed by atoms with Crippen LogP contribution in [0.1, 0.15) is 102 Å². The molecule has 21 N–H and O–H groups in total. The number of aliphatic hydroxyl groups is 2. The number of carbonyl (C=O) groups excluding carboxylic acids is 14. The number of nitrogens with zero attached hydrogens (tertiary/aromatic N) is 4. The maximum absolute atomic E-state index is 15.3. The number of carbonyl (C=O) groups is 17. The van der Waals surface area contributed by atoms with Gasteiger partial charge in [0.25, 0.3) is 0 Å². The molecule has 14 atom stereocenters. The number of amides is 14. The van der Waals surface area contributed by atoms with Gasteiger partial charge in [-0.1, -0.05) is 64.1 Å². The van der Waals surface area contributed by atoms with Gasteiger partial charge in [-0.05, 0) is 94.4 Å². The van der Waals surface area contributed by atoms with Crippen molar-refractivity contribution >= 4 is 128 Å². The molecule has 40 nitrogen and oxygen atoms in total. The van der Waals surface area contributed by atoms with Crippen LogP contribution in [0.3, 0.4) is 0 Å². The number of nitrogens with one attached hydrogen (secondary N) is 11. The molecule has 0 aromatic heterocycles. The number of hydrogen-bond donors (Lipinski definition) is 19. The Balaban J connectivity index is 1.36. The first kappa shape index (κ1) is 86.4. The fraction of sp³-hybridized carbons (Fsp3) is 0.559. The van der Waals surface area contributed by atoms with Crippen molar-refractivity contribution in [1.82, 2.24) is 73.2 Å². The molecule has 5 aliphatic rings. The Labute approximate surface area is 637 Å². The van der Waals surface area contributed by atoms with E-state index in [1.54, 1.807) is 30.3 Å². The number of aliphatic hydroxyl groups excluding tert-OH is 2. The highest BCUT2D eigenvalue weighted by molar-refractivity contribution is 8.76. The van der Waals surface area contributed by atoms with Gasteiger partial charge in [-0.2, -0.15) is 0 Å². The molecule has 5 aliphatic heterocycles. The Morgan fingerprint density at radius 1 is 0.491 bits per heavy atom. The zero-order chi connectivity index (χ0) is 80.5. The molecule has 0 unspecified atom stereocenters. The first-order valence-electron chi connectivity index (χ1n) is 35.6. The number of carboxylic acid groups (broad SMARTS) is 3. The van der Waals surface area contributed by atoms with Crippen LogP contribution in [-0.2, 0) is 94.3 Å². The molecular weight excluding hydrogens is 1490 g/mol. The maximum Gasteiger partial charge on any atom is 0.305 e. The Kier molecular flexibility index (Phi) is 32.7. The highest BCUT2D eigenvalue weighted by Gasteiger charge is 2.46. The van der Waals surface area contributed by atoms with Crippen molar-refractivity contribution in [3.05, 3.63) is 65.7 Å². The van der Waals surface area contributed by atoms with Crippen LogP contribution in [0, 0.1) is 0 Å². The molecule has 5 fully saturated rings. The molecule has 5 saturated heterocycles. The topological polar surface area (TPSA) is 618 Å². The highest BCUT2D eigenvalue weighted by Crippen LogP contribution is 2.29. The van der Waals surface area contributed by atoms with E-state index >= 15 is 14.4 Å². The summed E-state index contributed by atoms with van der Waals surface area (Å²) >= 11 is 0. The van der Waals surface area contributed by atoms with Gasteiger partial charge in [-0.15, -0.1) is 0 Å². The standard InChI is InChI=1S/C68H93N17O23S2/c1-34(87)54-64(105)77-41(27-36-15-17-37(88)18-16-36)58(99)79-44(31-86)59(100)75-40(20-22-52(92)93)65(106)85-26-8-14-49(85)67(108)84-25-7-13-48(84)62(103)74-39(19-21-51(90)91)57(98)80-45-32-109-110-33-46(61(102)82-54)81-56(97)38(11-5-23-71-68(69)70)73-50(89)30-72-55(96)42(29-53(94)95)76-63(104)47-12-6-24-83(47)66(107)43(78-60(45)101)28-35-9-3-2-4-10-35/h2-4,9-10,15-18,34,38-49,54,86-88H,5-8,11-14,19-33H2,1H3,(H,72,96)(H,73,89)(H,74,103)(H,75,100)(H,76,104)(H,77,105)(H,78,101)(H,79,99)(H,80,98)(H,81,97)(H,82,102)(H,90,91)(H,92,93)(H,94,95)(H4,69,70,71)/t34-,38+,39+,40+,41+,42+,43+,44+,45+,46+,47+,48+,49+,54+/m1/s1. The van der Waals surface area contributed by atoms with E-state index in [2.05, 4.69) is 63.5 Å². The minimum absolute atomic E-state index is 0.0134. The fourth-order valence-electron chi connectivity index (χ4n) is 13.0. The molecule has 0 saturated carbocycles. The molecule has 5 heterocycles. The van der Waals surface area contributed by atoms with Crippen molar-refractivity contribution < 1.29 is 112 Å². The van der Waals surface area contributed by atoms with Crippen LogP contribution in [0.15, 0.2) is 59.6 Å². The van der Waals surface area contributed by atoms with E-state index in [1.165, 1.54) is 24.3 Å². The van der Waals surface area contributed by atoms with Crippen molar-refractivity contribution in [2.75, 3.05) is 50.8 Å². The minimum Gasteiger partial charge on any atom is -0.508 e. The highest BCUT2D eigenvalue weighted by atomic mass is 33.1. The Bertz CT molecular complexity index is 3760. The van der Waals surface area contributed by atoms with E-state index in [0.29, 0.717) is 5.56 Å². The lowest BCUT2D eigenvalue weighted by molar-refractivity contribution is -0.148. The molecule has 600 valence electrons. The summed E-state index contributed by atoms with van der Waals surface area (Å²) in [5.74, 6) is -21.8. The quantitative estimate of drug-likeness (QED) is 0.0285. The largest absolute Gasteiger partial charge is 0.508 e. The number of aliphatic carboxylic acids is 3. The fourth-order valence-corrected chi connectivity index (χ4v) is 15.3. The molecule has 2 aromatic rings. The van der Waals surface area contributed by atoms with Gasteiger partial charge >= 0.3 is 17.9 Å². The average Bonchev–Trinajstić information content (AvgIpc) is 1.66. The van der Waals surface area contributed by atoms with Crippen LogP contribution in [0.2, 0.25) is 0 Å². The number of phenols is 1. The van der Waals surface area contributed by atoms with Crippen molar-refractivity contribution in [3.63, 3.8) is 0 Å². The SMILES string of the molecule is C[C@@H](O)[C@@H]1NC(=O)[C@@H]2CSSC[C@H](NC(=O)[C@H](CCC(=O)O)NC(=O)[C@@H]3CCCN3C(=O)[C@@H]3CCCN3C(=O)[C@H](CCC(=O)O)NC(=O)[C@H](CO)NC(=O)[C@H](Cc3ccc(O)cc3)NC1=O)C(=O)N[C@@H](Cc1ccccc1)C(=O)N1CCC[C@H]1C(=O)N[C@@H](CC(=O)O)C(=O)NCC(=O)N[C@@H](CCCN=C(N)N)C(=O)N2. The van der Waals surface area contributed by atoms with Crippen LogP contribution in [0.5, 0.6) is 5.75 Å². The van der Waals surface area contributed by atoms with E-state index < -0.39 is 248 Å². The Morgan fingerprint density at radius 2 is 0.945 bits per heavy atom. The summed E-state index contributed by atoms with van der Waals surface area (Å²) in [5.41, 5.74) is 11.8. The number of carboxylic acids is 3.